The molecule has 0 aliphatic heterocycles. The molecule has 1 aromatic rings. The lowest BCUT2D eigenvalue weighted by Crippen LogP contribution is -2.29. The number of sulfone groups is 1. The Morgan fingerprint density at radius 2 is 2.00 bits per heavy atom. The number of nitrogens with zero attached hydrogens (tertiary/aromatic N) is 1. The molecule has 0 spiro atoms. The molecular formula is C12H18ClNO3S. The van der Waals surface area contributed by atoms with Crippen LogP contribution >= 0.6 is 11.6 Å². The van der Waals surface area contributed by atoms with E-state index in [0.29, 0.717) is 23.7 Å². The van der Waals surface area contributed by atoms with Gasteiger partial charge in [0.2, 0.25) is 0 Å². The van der Waals surface area contributed by atoms with Crippen LogP contribution in [0.2, 0.25) is 5.02 Å². The summed E-state index contributed by atoms with van der Waals surface area (Å²) < 4.78 is 22.1. The summed E-state index contributed by atoms with van der Waals surface area (Å²) in [6, 6.07) is 7.08. The van der Waals surface area contributed by atoms with Gasteiger partial charge in [-0.15, -0.1) is 0 Å². The van der Waals surface area contributed by atoms with Crippen molar-refractivity contribution < 1.29 is 13.5 Å². The van der Waals surface area contributed by atoms with Gasteiger partial charge in [-0.05, 0) is 13.1 Å². The van der Waals surface area contributed by atoms with Crippen molar-refractivity contribution in [2.45, 2.75) is 6.10 Å². The third-order valence-electron chi connectivity index (χ3n) is 2.59. The van der Waals surface area contributed by atoms with Crippen molar-refractivity contribution in [3.63, 3.8) is 0 Å². The number of halogens is 1. The molecule has 1 atom stereocenters. The Balaban J connectivity index is 2.55. The van der Waals surface area contributed by atoms with E-state index in [1.54, 1.807) is 36.2 Å². The summed E-state index contributed by atoms with van der Waals surface area (Å²) in [5.74, 6) is 0.0821. The van der Waals surface area contributed by atoms with Crippen molar-refractivity contribution >= 4 is 21.4 Å². The minimum atomic E-state index is -2.98. The van der Waals surface area contributed by atoms with Crippen molar-refractivity contribution in [3.8, 4) is 0 Å². The second kappa shape index (κ2) is 6.52. The first kappa shape index (κ1) is 15.4. The zero-order valence-corrected chi connectivity index (χ0v) is 12.1. The Labute approximate surface area is 113 Å². The van der Waals surface area contributed by atoms with Crippen LogP contribution in [0.3, 0.4) is 0 Å². The van der Waals surface area contributed by atoms with Crippen LogP contribution < -0.4 is 0 Å². The first-order valence-electron chi connectivity index (χ1n) is 5.58. The van der Waals surface area contributed by atoms with Crippen LogP contribution in [-0.4, -0.2) is 50.6 Å². The Bertz CT molecular complexity index is 490. The number of hydrogen-bond donors (Lipinski definition) is 1. The SMILES string of the molecule is CN(CCS(C)(=O)=O)CC(O)c1ccccc1Cl. The average Bonchev–Trinajstić information content (AvgIpc) is 2.26. The lowest BCUT2D eigenvalue weighted by molar-refractivity contribution is 0.130. The molecular weight excluding hydrogens is 274 g/mol. The van der Waals surface area contributed by atoms with E-state index in [1.807, 2.05) is 0 Å². The van der Waals surface area contributed by atoms with E-state index >= 15 is 0 Å². The number of benzene rings is 1. The second-order valence-corrected chi connectivity index (χ2v) is 7.10. The molecule has 0 aliphatic carbocycles. The molecule has 0 radical (unpaired) electrons. The number of aliphatic hydroxyl groups is 1. The van der Waals surface area contributed by atoms with Crippen LogP contribution in [0.25, 0.3) is 0 Å². The number of hydrogen-bond acceptors (Lipinski definition) is 4. The normalized spacial score (nSPS) is 13.8. The topological polar surface area (TPSA) is 57.6 Å². The van der Waals surface area contributed by atoms with Gasteiger partial charge in [0.05, 0.1) is 11.9 Å². The second-order valence-electron chi connectivity index (χ2n) is 4.43. The average molecular weight is 292 g/mol. The molecule has 1 unspecified atom stereocenters. The molecule has 0 aromatic heterocycles. The molecule has 0 heterocycles. The van der Waals surface area contributed by atoms with Crippen LogP contribution in [0, 0.1) is 0 Å². The highest BCUT2D eigenvalue weighted by atomic mass is 35.5. The highest BCUT2D eigenvalue weighted by molar-refractivity contribution is 7.90. The van der Waals surface area contributed by atoms with Crippen LogP contribution in [0.4, 0.5) is 0 Å². The maximum Gasteiger partial charge on any atom is 0.148 e. The smallest absolute Gasteiger partial charge is 0.148 e. The Morgan fingerprint density at radius 1 is 1.39 bits per heavy atom. The summed E-state index contributed by atoms with van der Waals surface area (Å²) >= 11 is 5.98. The van der Waals surface area contributed by atoms with Crippen molar-refractivity contribution in [1.29, 1.82) is 0 Å². The summed E-state index contributed by atoms with van der Waals surface area (Å²) in [6.45, 7) is 0.736. The van der Waals surface area contributed by atoms with E-state index in [-0.39, 0.29) is 5.75 Å². The maximum absolute atomic E-state index is 11.0. The van der Waals surface area contributed by atoms with Crippen molar-refractivity contribution in [2.75, 3.05) is 32.1 Å². The van der Waals surface area contributed by atoms with Gasteiger partial charge in [0, 0.05) is 29.9 Å². The minimum Gasteiger partial charge on any atom is -0.387 e. The van der Waals surface area contributed by atoms with E-state index in [9.17, 15) is 13.5 Å². The fraction of sp³-hybridized carbons (Fsp3) is 0.500. The van der Waals surface area contributed by atoms with E-state index in [1.165, 1.54) is 6.26 Å². The van der Waals surface area contributed by atoms with Gasteiger partial charge in [0.15, 0.2) is 0 Å². The van der Waals surface area contributed by atoms with Gasteiger partial charge in [-0.2, -0.15) is 0 Å². The summed E-state index contributed by atoms with van der Waals surface area (Å²) in [5.41, 5.74) is 0.658. The summed E-state index contributed by atoms with van der Waals surface area (Å²) in [7, 11) is -1.21. The molecule has 18 heavy (non-hydrogen) atoms. The molecule has 0 saturated heterocycles. The molecule has 4 nitrogen and oxygen atoms in total. The fourth-order valence-corrected chi connectivity index (χ4v) is 2.46. The zero-order valence-electron chi connectivity index (χ0n) is 10.5. The molecule has 1 aromatic carbocycles. The Hall–Kier alpha value is -0.620. The first-order chi connectivity index (χ1) is 8.29. The largest absolute Gasteiger partial charge is 0.387 e. The van der Waals surface area contributed by atoms with Gasteiger partial charge in [-0.1, -0.05) is 29.8 Å². The van der Waals surface area contributed by atoms with Crippen LogP contribution in [0.1, 0.15) is 11.7 Å². The van der Waals surface area contributed by atoms with Gasteiger partial charge < -0.3 is 10.0 Å². The lowest BCUT2D eigenvalue weighted by atomic mass is 10.1. The van der Waals surface area contributed by atoms with E-state index in [0.717, 1.165) is 0 Å². The van der Waals surface area contributed by atoms with Gasteiger partial charge in [-0.3, -0.25) is 0 Å². The molecule has 1 rings (SSSR count). The molecule has 0 fully saturated rings. The van der Waals surface area contributed by atoms with Gasteiger partial charge in [-0.25, -0.2) is 8.42 Å². The molecule has 0 amide bonds. The Morgan fingerprint density at radius 3 is 2.56 bits per heavy atom. The predicted octanol–water partition coefficient (Wildman–Crippen LogP) is 1.35. The molecule has 1 N–H and O–H groups in total. The maximum atomic E-state index is 11.0. The molecule has 0 aliphatic rings. The highest BCUT2D eigenvalue weighted by Crippen LogP contribution is 2.22. The number of rotatable bonds is 6. The number of likely N-dealkylation sites (N-methyl/N-ethyl adjacent to an activating group) is 1. The fourth-order valence-electron chi connectivity index (χ4n) is 1.55. The first-order valence-corrected chi connectivity index (χ1v) is 8.02. The third kappa shape index (κ3) is 5.35. The summed E-state index contributed by atoms with van der Waals surface area (Å²) in [5, 5.41) is 10.5. The number of aliphatic hydroxyl groups excluding tert-OH is 1. The van der Waals surface area contributed by atoms with Gasteiger partial charge in [0.1, 0.15) is 9.84 Å². The monoisotopic (exact) mass is 291 g/mol. The van der Waals surface area contributed by atoms with E-state index in [2.05, 4.69) is 0 Å². The predicted molar refractivity (Wildman–Crippen MR) is 73.6 cm³/mol. The van der Waals surface area contributed by atoms with Crippen molar-refractivity contribution in [2.24, 2.45) is 0 Å². The van der Waals surface area contributed by atoms with Crippen LogP contribution in [0.5, 0.6) is 0 Å². The van der Waals surface area contributed by atoms with Crippen molar-refractivity contribution in [1.82, 2.24) is 4.90 Å². The van der Waals surface area contributed by atoms with Gasteiger partial charge in [0.25, 0.3) is 0 Å². The van der Waals surface area contributed by atoms with Crippen LogP contribution in [-0.2, 0) is 9.84 Å². The molecule has 0 saturated carbocycles. The molecule has 0 bridgehead atoms. The summed E-state index contributed by atoms with van der Waals surface area (Å²) in [4.78, 5) is 1.77. The minimum absolute atomic E-state index is 0.0821. The third-order valence-corrected chi connectivity index (χ3v) is 3.86. The standard InChI is InChI=1S/C12H18ClNO3S/c1-14(7-8-18(2,16)17)9-12(15)10-5-3-4-6-11(10)13/h3-6,12,15H,7-9H2,1-2H3. The molecule has 102 valence electrons. The van der Waals surface area contributed by atoms with E-state index < -0.39 is 15.9 Å². The zero-order chi connectivity index (χ0) is 13.8. The van der Waals surface area contributed by atoms with Crippen LogP contribution in [0.15, 0.2) is 24.3 Å². The highest BCUT2D eigenvalue weighted by Gasteiger charge is 2.14. The Kier molecular flexibility index (Phi) is 5.59. The summed E-state index contributed by atoms with van der Waals surface area (Å²) in [6.07, 6.45) is 0.481. The quantitative estimate of drug-likeness (QED) is 0.859. The van der Waals surface area contributed by atoms with Gasteiger partial charge >= 0.3 is 0 Å². The lowest BCUT2D eigenvalue weighted by Gasteiger charge is -2.21. The van der Waals surface area contributed by atoms with Crippen molar-refractivity contribution in [3.05, 3.63) is 34.9 Å². The van der Waals surface area contributed by atoms with E-state index in [4.69, 9.17) is 11.6 Å². The molecule has 6 heteroatoms.